The fraction of sp³-hybridized carbons (Fsp3) is 0.875. The molecule has 78 valence electrons. The van der Waals surface area contributed by atoms with Crippen molar-refractivity contribution < 1.29 is 19.4 Å². The van der Waals surface area contributed by atoms with E-state index in [0.29, 0.717) is 13.2 Å². The van der Waals surface area contributed by atoms with Gasteiger partial charge < -0.3 is 20.3 Å². The number of carbonyl (C=O) groups is 1. The predicted octanol–water partition coefficient (Wildman–Crippen LogP) is -0.726. The van der Waals surface area contributed by atoms with E-state index in [9.17, 15) is 4.79 Å². The van der Waals surface area contributed by atoms with Crippen LogP contribution in [0.1, 0.15) is 13.8 Å². The first-order valence-corrected chi connectivity index (χ1v) is 4.26. The van der Waals surface area contributed by atoms with Crippen molar-refractivity contribution in [2.24, 2.45) is 5.73 Å². The molecule has 0 aliphatic heterocycles. The second kappa shape index (κ2) is 6.82. The molecule has 0 fully saturated rings. The van der Waals surface area contributed by atoms with Crippen LogP contribution in [-0.2, 0) is 14.3 Å². The monoisotopic (exact) mass is 191 g/mol. The van der Waals surface area contributed by atoms with E-state index in [-0.39, 0.29) is 6.10 Å². The summed E-state index contributed by atoms with van der Waals surface area (Å²) in [5, 5.41) is 8.54. The lowest BCUT2D eigenvalue weighted by Gasteiger charge is -2.15. The highest BCUT2D eigenvalue weighted by molar-refractivity contribution is 5.75. The third-order valence-corrected chi connectivity index (χ3v) is 1.37. The molecule has 5 heteroatoms. The van der Waals surface area contributed by atoms with E-state index >= 15 is 0 Å². The Labute approximate surface area is 77.8 Å². The summed E-state index contributed by atoms with van der Waals surface area (Å²) < 4.78 is 9.89. The number of esters is 1. The van der Waals surface area contributed by atoms with Crippen LogP contribution in [0.25, 0.3) is 0 Å². The minimum Gasteiger partial charge on any atom is -0.459 e. The Balaban J connectivity index is 3.64. The van der Waals surface area contributed by atoms with E-state index in [2.05, 4.69) is 0 Å². The normalized spacial score (nSPS) is 15.1. The molecule has 0 saturated carbocycles. The number of hydrogen-bond donors (Lipinski definition) is 2. The Kier molecular flexibility index (Phi) is 6.48. The summed E-state index contributed by atoms with van der Waals surface area (Å²) in [5.41, 5.74) is 5.23. The Bertz CT molecular complexity index is 151. The van der Waals surface area contributed by atoms with Gasteiger partial charge in [-0.15, -0.1) is 0 Å². The molecule has 0 bridgehead atoms. The van der Waals surface area contributed by atoms with Crippen LogP contribution in [0.5, 0.6) is 0 Å². The van der Waals surface area contributed by atoms with Crippen molar-refractivity contribution in [3.8, 4) is 0 Å². The number of hydrogen-bond acceptors (Lipinski definition) is 5. The van der Waals surface area contributed by atoms with Gasteiger partial charge in [0.05, 0.1) is 13.2 Å². The second-order valence-corrected chi connectivity index (χ2v) is 2.70. The first-order valence-electron chi connectivity index (χ1n) is 4.26. The summed E-state index contributed by atoms with van der Waals surface area (Å²) in [6, 6.07) is -0.955. The third-order valence-electron chi connectivity index (χ3n) is 1.37. The molecule has 13 heavy (non-hydrogen) atoms. The Morgan fingerprint density at radius 3 is 2.69 bits per heavy atom. The number of rotatable bonds is 6. The van der Waals surface area contributed by atoms with Crippen LogP contribution >= 0.6 is 0 Å². The average Bonchev–Trinajstić information content (AvgIpc) is 2.13. The van der Waals surface area contributed by atoms with Crippen molar-refractivity contribution in [1.82, 2.24) is 0 Å². The van der Waals surface area contributed by atoms with E-state index in [1.54, 1.807) is 6.92 Å². The van der Waals surface area contributed by atoms with E-state index in [0.717, 1.165) is 0 Å². The summed E-state index contributed by atoms with van der Waals surface area (Å²) >= 11 is 0. The molecule has 0 aromatic rings. The van der Waals surface area contributed by atoms with Crippen LogP contribution in [0.2, 0.25) is 0 Å². The van der Waals surface area contributed by atoms with Gasteiger partial charge in [-0.1, -0.05) is 0 Å². The molecular weight excluding hydrogens is 174 g/mol. The quantitative estimate of drug-likeness (QED) is 0.541. The molecule has 3 N–H and O–H groups in total. The van der Waals surface area contributed by atoms with Gasteiger partial charge in [0.2, 0.25) is 0 Å². The second-order valence-electron chi connectivity index (χ2n) is 2.70. The van der Waals surface area contributed by atoms with Crippen molar-refractivity contribution in [1.29, 1.82) is 0 Å². The lowest BCUT2D eigenvalue weighted by molar-refractivity contribution is -0.153. The average molecular weight is 191 g/mol. The maximum absolute atomic E-state index is 11.0. The largest absolute Gasteiger partial charge is 0.459 e. The molecule has 0 rings (SSSR count). The molecule has 0 aromatic carbocycles. The molecule has 2 unspecified atom stereocenters. The molecule has 0 radical (unpaired) electrons. The summed E-state index contributed by atoms with van der Waals surface area (Å²) in [7, 11) is 0. The highest BCUT2D eigenvalue weighted by atomic mass is 16.6. The summed E-state index contributed by atoms with van der Waals surface area (Å²) in [6.07, 6.45) is -0.329. The number of ether oxygens (including phenoxy) is 2. The summed E-state index contributed by atoms with van der Waals surface area (Å²) in [6.45, 7) is 4.08. The van der Waals surface area contributed by atoms with Crippen molar-refractivity contribution in [2.75, 3.05) is 19.8 Å². The molecule has 0 amide bonds. The Morgan fingerprint density at radius 2 is 2.23 bits per heavy atom. The highest BCUT2D eigenvalue weighted by Crippen LogP contribution is 1.94. The van der Waals surface area contributed by atoms with Crippen LogP contribution in [0, 0.1) is 0 Å². The minimum absolute atomic E-state index is 0.329. The van der Waals surface area contributed by atoms with E-state index in [1.807, 2.05) is 6.92 Å². The van der Waals surface area contributed by atoms with Gasteiger partial charge in [-0.05, 0) is 13.8 Å². The minimum atomic E-state index is -0.955. The van der Waals surface area contributed by atoms with E-state index in [4.69, 9.17) is 20.3 Å². The molecule has 0 aromatic heterocycles. The van der Waals surface area contributed by atoms with Crippen molar-refractivity contribution in [3.63, 3.8) is 0 Å². The van der Waals surface area contributed by atoms with Crippen molar-refractivity contribution >= 4 is 5.97 Å². The van der Waals surface area contributed by atoms with Gasteiger partial charge in [0.25, 0.3) is 0 Å². The lowest BCUT2D eigenvalue weighted by Crippen LogP contribution is -2.38. The number of carbonyl (C=O) groups excluding carboxylic acids is 1. The molecule has 0 saturated heterocycles. The van der Waals surface area contributed by atoms with E-state index in [1.165, 1.54) is 0 Å². The van der Waals surface area contributed by atoms with Gasteiger partial charge >= 0.3 is 5.97 Å². The molecular formula is C8H17NO4. The van der Waals surface area contributed by atoms with Gasteiger partial charge in [-0.25, -0.2) is 0 Å². The maximum Gasteiger partial charge on any atom is 0.325 e. The standard InChI is InChI=1S/C8H17NO4/c1-3-12-5-6(2)13-8(11)7(9)4-10/h6-7,10H,3-5,9H2,1-2H3. The van der Waals surface area contributed by atoms with Crippen LogP contribution in [-0.4, -0.2) is 43.0 Å². The van der Waals surface area contributed by atoms with Crippen LogP contribution < -0.4 is 5.73 Å². The number of nitrogens with two attached hydrogens (primary N) is 1. The zero-order valence-electron chi connectivity index (χ0n) is 8.03. The first kappa shape index (κ1) is 12.3. The van der Waals surface area contributed by atoms with Gasteiger partial charge in [0.1, 0.15) is 12.1 Å². The lowest BCUT2D eigenvalue weighted by atomic mass is 10.3. The zero-order chi connectivity index (χ0) is 10.3. The van der Waals surface area contributed by atoms with Gasteiger partial charge in [0, 0.05) is 6.61 Å². The van der Waals surface area contributed by atoms with Crippen molar-refractivity contribution in [2.45, 2.75) is 26.0 Å². The predicted molar refractivity (Wildman–Crippen MR) is 47.1 cm³/mol. The van der Waals surface area contributed by atoms with E-state index < -0.39 is 18.6 Å². The topological polar surface area (TPSA) is 81.8 Å². The SMILES string of the molecule is CCOCC(C)OC(=O)C(N)CO. The van der Waals surface area contributed by atoms with Gasteiger partial charge in [-0.3, -0.25) is 4.79 Å². The Hall–Kier alpha value is -0.650. The number of aliphatic hydroxyl groups excluding tert-OH is 1. The molecule has 5 nitrogen and oxygen atoms in total. The van der Waals surface area contributed by atoms with Gasteiger partial charge in [0.15, 0.2) is 0 Å². The number of aliphatic hydroxyl groups is 1. The zero-order valence-corrected chi connectivity index (χ0v) is 8.03. The summed E-state index contributed by atoms with van der Waals surface area (Å²) in [5.74, 6) is -0.602. The summed E-state index contributed by atoms with van der Waals surface area (Å²) in [4.78, 5) is 11.0. The van der Waals surface area contributed by atoms with Crippen LogP contribution in [0.3, 0.4) is 0 Å². The smallest absolute Gasteiger partial charge is 0.325 e. The van der Waals surface area contributed by atoms with Crippen LogP contribution in [0.15, 0.2) is 0 Å². The molecule has 2 atom stereocenters. The van der Waals surface area contributed by atoms with Crippen molar-refractivity contribution in [3.05, 3.63) is 0 Å². The molecule has 0 heterocycles. The maximum atomic E-state index is 11.0. The molecule has 0 aliphatic rings. The molecule has 0 spiro atoms. The van der Waals surface area contributed by atoms with Crippen LogP contribution in [0.4, 0.5) is 0 Å². The highest BCUT2D eigenvalue weighted by Gasteiger charge is 2.16. The first-order chi connectivity index (χ1) is 6.11. The third kappa shape index (κ3) is 5.57. The van der Waals surface area contributed by atoms with Gasteiger partial charge in [-0.2, -0.15) is 0 Å². The molecule has 0 aliphatic carbocycles. The fourth-order valence-electron chi connectivity index (χ4n) is 0.678. The fourth-order valence-corrected chi connectivity index (χ4v) is 0.678. The Morgan fingerprint density at radius 1 is 1.62 bits per heavy atom.